The van der Waals surface area contributed by atoms with E-state index in [2.05, 4.69) is 5.32 Å². The van der Waals surface area contributed by atoms with E-state index in [0.717, 1.165) is 12.0 Å². The van der Waals surface area contributed by atoms with Gasteiger partial charge in [-0.15, -0.1) is 0 Å². The highest BCUT2D eigenvalue weighted by Gasteiger charge is 2.31. The van der Waals surface area contributed by atoms with Crippen LogP contribution in [0.5, 0.6) is 5.75 Å². The number of benzene rings is 3. The van der Waals surface area contributed by atoms with Crippen molar-refractivity contribution in [1.29, 1.82) is 0 Å². The van der Waals surface area contributed by atoms with Crippen molar-refractivity contribution in [2.45, 2.75) is 45.3 Å². The molecule has 0 saturated heterocycles. The first-order chi connectivity index (χ1) is 16.9. The molecule has 5 nitrogen and oxygen atoms in total. The molecule has 0 saturated carbocycles. The van der Waals surface area contributed by atoms with Crippen LogP contribution in [0.1, 0.15) is 31.4 Å². The number of hydrogen-bond donors (Lipinski definition) is 1. The Balaban J connectivity index is 1.94. The van der Waals surface area contributed by atoms with Crippen LogP contribution >= 0.6 is 23.2 Å². The molecule has 0 heterocycles. The van der Waals surface area contributed by atoms with Gasteiger partial charge in [0.05, 0.1) is 0 Å². The Morgan fingerprint density at radius 3 is 2.26 bits per heavy atom. The van der Waals surface area contributed by atoms with Crippen molar-refractivity contribution in [1.82, 2.24) is 10.2 Å². The molecule has 0 radical (unpaired) electrons. The van der Waals surface area contributed by atoms with Gasteiger partial charge in [-0.2, -0.15) is 0 Å². The quantitative estimate of drug-likeness (QED) is 0.346. The van der Waals surface area contributed by atoms with E-state index >= 15 is 0 Å². The van der Waals surface area contributed by atoms with Crippen molar-refractivity contribution >= 4 is 35.0 Å². The number of nitrogens with one attached hydrogen (secondary N) is 1. The zero-order chi connectivity index (χ0) is 25.2. The number of halogens is 2. The summed E-state index contributed by atoms with van der Waals surface area (Å²) in [6.45, 7) is 3.87. The normalized spacial score (nSPS) is 12.5. The molecule has 0 aliphatic heterocycles. The lowest BCUT2D eigenvalue weighted by atomic mass is 10.0. The fraction of sp³-hybridized carbons (Fsp3) is 0.286. The molecule has 0 aliphatic carbocycles. The van der Waals surface area contributed by atoms with Crippen LogP contribution in [-0.4, -0.2) is 35.4 Å². The molecule has 0 fully saturated rings. The van der Waals surface area contributed by atoms with E-state index in [0.29, 0.717) is 27.8 Å². The zero-order valence-electron chi connectivity index (χ0n) is 19.9. The topological polar surface area (TPSA) is 58.6 Å². The maximum atomic E-state index is 13.5. The molecule has 2 atom stereocenters. The van der Waals surface area contributed by atoms with Crippen LogP contribution in [-0.2, 0) is 22.6 Å². The number of carbonyl (C=O) groups excluding carboxylic acids is 2. The van der Waals surface area contributed by atoms with E-state index in [-0.39, 0.29) is 31.0 Å². The minimum Gasteiger partial charge on any atom is -0.484 e. The lowest BCUT2D eigenvalue weighted by molar-refractivity contribution is -0.143. The minimum absolute atomic E-state index is 0.0302. The first-order valence-corrected chi connectivity index (χ1v) is 12.4. The summed E-state index contributed by atoms with van der Waals surface area (Å²) in [7, 11) is 0. The number of hydrogen-bond acceptors (Lipinski definition) is 3. The van der Waals surface area contributed by atoms with Crippen molar-refractivity contribution in [2.75, 3.05) is 6.61 Å². The average molecular weight is 513 g/mol. The number of rotatable bonds is 11. The molecule has 0 bridgehead atoms. The van der Waals surface area contributed by atoms with E-state index in [1.807, 2.05) is 62.4 Å². The summed E-state index contributed by atoms with van der Waals surface area (Å²) in [5.74, 6) is 0.0374. The molecule has 0 aromatic heterocycles. The lowest BCUT2D eigenvalue weighted by Crippen LogP contribution is -2.53. The van der Waals surface area contributed by atoms with Gasteiger partial charge in [-0.1, -0.05) is 84.7 Å². The van der Waals surface area contributed by atoms with Crippen LogP contribution in [0.15, 0.2) is 78.9 Å². The van der Waals surface area contributed by atoms with Crippen LogP contribution in [0, 0.1) is 0 Å². The van der Waals surface area contributed by atoms with Crippen molar-refractivity contribution in [3.8, 4) is 5.75 Å². The van der Waals surface area contributed by atoms with Crippen molar-refractivity contribution < 1.29 is 14.3 Å². The molecule has 2 amide bonds. The standard InChI is InChI=1S/C28H30Cl2N2O3/c1-3-20(2)31-28(34)26(16-21-10-6-4-7-11-21)32(18-22-14-15-23(29)17-25(22)30)27(33)19-35-24-12-8-5-9-13-24/h4-15,17,20,26H,3,16,18-19H2,1-2H3,(H,31,34)/t20-,26+/m0/s1. The second-order valence-corrected chi connectivity index (χ2v) is 9.23. The minimum atomic E-state index is -0.759. The van der Waals surface area contributed by atoms with Gasteiger partial charge in [0, 0.05) is 29.1 Å². The molecule has 35 heavy (non-hydrogen) atoms. The lowest BCUT2D eigenvalue weighted by Gasteiger charge is -2.32. The number of carbonyl (C=O) groups is 2. The van der Waals surface area contributed by atoms with Crippen molar-refractivity contribution in [3.63, 3.8) is 0 Å². The summed E-state index contributed by atoms with van der Waals surface area (Å²) in [6.07, 6.45) is 1.13. The van der Waals surface area contributed by atoms with E-state index in [1.54, 1.807) is 35.2 Å². The Labute approximate surface area is 217 Å². The zero-order valence-corrected chi connectivity index (χ0v) is 21.4. The Hall–Kier alpha value is -3.02. The van der Waals surface area contributed by atoms with Gasteiger partial charge < -0.3 is 15.0 Å². The van der Waals surface area contributed by atoms with Gasteiger partial charge in [-0.05, 0) is 48.7 Å². The first kappa shape index (κ1) is 26.6. The molecule has 3 rings (SSSR count). The van der Waals surface area contributed by atoms with Gasteiger partial charge in [0.25, 0.3) is 5.91 Å². The molecule has 1 N–H and O–H groups in total. The first-order valence-electron chi connectivity index (χ1n) is 11.6. The predicted molar refractivity (Wildman–Crippen MR) is 141 cm³/mol. The molecule has 7 heteroatoms. The van der Waals surface area contributed by atoms with E-state index in [9.17, 15) is 9.59 Å². The smallest absolute Gasteiger partial charge is 0.261 e. The van der Waals surface area contributed by atoms with Crippen LogP contribution in [0.3, 0.4) is 0 Å². The SMILES string of the molecule is CC[C@H](C)NC(=O)[C@@H](Cc1ccccc1)N(Cc1ccc(Cl)cc1Cl)C(=O)COc1ccccc1. The van der Waals surface area contributed by atoms with Gasteiger partial charge in [0.1, 0.15) is 11.8 Å². The summed E-state index contributed by atoms with van der Waals surface area (Å²) in [5.41, 5.74) is 1.64. The van der Waals surface area contributed by atoms with Crippen LogP contribution < -0.4 is 10.1 Å². The van der Waals surface area contributed by atoms with E-state index in [1.165, 1.54) is 0 Å². The van der Waals surface area contributed by atoms with Crippen LogP contribution in [0.2, 0.25) is 10.0 Å². The number of amides is 2. The third-order valence-corrected chi connectivity index (χ3v) is 6.32. The van der Waals surface area contributed by atoms with E-state index < -0.39 is 6.04 Å². The predicted octanol–water partition coefficient (Wildman–Crippen LogP) is 5.93. The molecular weight excluding hydrogens is 483 g/mol. The highest BCUT2D eigenvalue weighted by atomic mass is 35.5. The monoisotopic (exact) mass is 512 g/mol. The van der Waals surface area contributed by atoms with Crippen LogP contribution in [0.25, 0.3) is 0 Å². The van der Waals surface area contributed by atoms with Crippen molar-refractivity contribution in [2.24, 2.45) is 0 Å². The van der Waals surface area contributed by atoms with Crippen molar-refractivity contribution in [3.05, 3.63) is 100 Å². The molecule has 0 spiro atoms. The van der Waals surface area contributed by atoms with Gasteiger partial charge in [0.15, 0.2) is 6.61 Å². The number of para-hydroxylation sites is 1. The Bertz CT molecular complexity index is 1110. The molecular formula is C28H30Cl2N2O3. The molecule has 0 unspecified atom stereocenters. The summed E-state index contributed by atoms with van der Waals surface area (Å²) < 4.78 is 5.74. The maximum Gasteiger partial charge on any atom is 0.261 e. The second-order valence-electron chi connectivity index (χ2n) is 8.38. The largest absolute Gasteiger partial charge is 0.484 e. The second kappa shape index (κ2) is 13.2. The highest BCUT2D eigenvalue weighted by Crippen LogP contribution is 2.24. The Morgan fingerprint density at radius 1 is 0.971 bits per heavy atom. The Morgan fingerprint density at radius 2 is 1.63 bits per heavy atom. The maximum absolute atomic E-state index is 13.5. The Kier molecular flexibility index (Phi) is 10.0. The summed E-state index contributed by atoms with van der Waals surface area (Å²) in [6, 6.07) is 23.1. The number of nitrogens with zero attached hydrogens (tertiary/aromatic N) is 1. The molecule has 3 aromatic rings. The molecule has 0 aliphatic rings. The number of ether oxygens (including phenoxy) is 1. The summed E-state index contributed by atoms with van der Waals surface area (Å²) in [4.78, 5) is 28.6. The van der Waals surface area contributed by atoms with Gasteiger partial charge in [-0.3, -0.25) is 9.59 Å². The highest BCUT2D eigenvalue weighted by molar-refractivity contribution is 6.35. The average Bonchev–Trinajstić information content (AvgIpc) is 2.87. The van der Waals surface area contributed by atoms with Gasteiger partial charge in [-0.25, -0.2) is 0 Å². The van der Waals surface area contributed by atoms with Gasteiger partial charge >= 0.3 is 0 Å². The summed E-state index contributed by atoms with van der Waals surface area (Å²) in [5, 5.41) is 3.97. The fourth-order valence-electron chi connectivity index (χ4n) is 3.57. The fourth-order valence-corrected chi connectivity index (χ4v) is 4.04. The molecule has 184 valence electrons. The summed E-state index contributed by atoms with van der Waals surface area (Å²) >= 11 is 12.5. The third kappa shape index (κ3) is 8.01. The molecule has 3 aromatic carbocycles. The van der Waals surface area contributed by atoms with E-state index in [4.69, 9.17) is 27.9 Å². The van der Waals surface area contributed by atoms with Gasteiger partial charge in [0.2, 0.25) is 5.91 Å². The third-order valence-electron chi connectivity index (χ3n) is 5.73. The van der Waals surface area contributed by atoms with Crippen LogP contribution in [0.4, 0.5) is 0 Å².